The monoisotopic (exact) mass is 280 g/mol. The van der Waals surface area contributed by atoms with Gasteiger partial charge in [-0.2, -0.15) is 0 Å². The third-order valence-corrected chi connectivity index (χ3v) is 4.15. The van der Waals surface area contributed by atoms with Crippen LogP contribution in [0.25, 0.3) is 0 Å². The molecule has 3 rings (SSSR count). The van der Waals surface area contributed by atoms with Gasteiger partial charge in [-0.25, -0.2) is 0 Å². The van der Waals surface area contributed by atoms with Crippen LogP contribution in [0.15, 0.2) is 42.5 Å². The Hall–Kier alpha value is -2.29. The lowest BCUT2D eigenvalue weighted by atomic mass is 10.0. The van der Waals surface area contributed by atoms with Crippen LogP contribution in [0, 0.1) is 0 Å². The minimum Gasteiger partial charge on any atom is -0.379 e. The molecule has 2 aromatic rings. The fourth-order valence-electron chi connectivity index (χ4n) is 2.96. The number of hydrogen-bond donors (Lipinski definition) is 2. The summed E-state index contributed by atoms with van der Waals surface area (Å²) in [5, 5.41) is 3.44. The van der Waals surface area contributed by atoms with Crippen molar-refractivity contribution in [2.24, 2.45) is 5.73 Å². The molecule has 108 valence electrons. The molecule has 0 radical (unpaired) electrons. The number of benzene rings is 2. The molecular formula is C18H20N2O. The minimum absolute atomic E-state index is 0.194. The highest BCUT2D eigenvalue weighted by Crippen LogP contribution is 2.27. The number of rotatable bonds is 4. The van der Waals surface area contributed by atoms with Gasteiger partial charge in [-0.05, 0) is 61.1 Å². The maximum atomic E-state index is 11.2. The standard InChI is InChI=1S/C18H20N2O/c1-12(14-9-8-13-4-2-5-15(13)10-14)20-17-7-3-6-16(11-17)18(19)21/h3,6-12,20H,2,4-5H2,1H3,(H2,19,21). The van der Waals surface area contributed by atoms with Gasteiger partial charge in [0, 0.05) is 17.3 Å². The van der Waals surface area contributed by atoms with E-state index in [9.17, 15) is 4.79 Å². The minimum atomic E-state index is -0.399. The van der Waals surface area contributed by atoms with Gasteiger partial charge in [0.1, 0.15) is 0 Å². The van der Waals surface area contributed by atoms with E-state index >= 15 is 0 Å². The number of nitrogens with two attached hydrogens (primary N) is 1. The number of carbonyl (C=O) groups is 1. The van der Waals surface area contributed by atoms with Crippen molar-refractivity contribution in [3.05, 3.63) is 64.7 Å². The van der Waals surface area contributed by atoms with E-state index in [1.54, 1.807) is 12.1 Å². The molecule has 0 saturated carbocycles. The Morgan fingerprint density at radius 2 is 1.95 bits per heavy atom. The average Bonchev–Trinajstić information content (AvgIpc) is 2.94. The Kier molecular flexibility index (Phi) is 3.65. The molecule has 0 fully saturated rings. The molecule has 0 aliphatic heterocycles. The average molecular weight is 280 g/mol. The van der Waals surface area contributed by atoms with Crippen LogP contribution in [-0.4, -0.2) is 5.91 Å². The molecule has 0 bridgehead atoms. The smallest absolute Gasteiger partial charge is 0.248 e. The summed E-state index contributed by atoms with van der Waals surface area (Å²) in [6.07, 6.45) is 3.66. The van der Waals surface area contributed by atoms with E-state index in [4.69, 9.17) is 5.73 Å². The number of hydrogen-bond acceptors (Lipinski definition) is 2. The van der Waals surface area contributed by atoms with Gasteiger partial charge in [0.05, 0.1) is 0 Å². The van der Waals surface area contributed by atoms with E-state index in [0.29, 0.717) is 5.56 Å². The van der Waals surface area contributed by atoms with E-state index in [0.717, 1.165) is 5.69 Å². The van der Waals surface area contributed by atoms with E-state index < -0.39 is 5.91 Å². The highest BCUT2D eigenvalue weighted by atomic mass is 16.1. The third kappa shape index (κ3) is 2.92. The fourth-order valence-corrected chi connectivity index (χ4v) is 2.96. The molecule has 2 aromatic carbocycles. The van der Waals surface area contributed by atoms with Crippen molar-refractivity contribution in [1.29, 1.82) is 0 Å². The van der Waals surface area contributed by atoms with Gasteiger partial charge >= 0.3 is 0 Å². The molecule has 0 spiro atoms. The van der Waals surface area contributed by atoms with Crippen LogP contribution in [-0.2, 0) is 12.8 Å². The highest BCUT2D eigenvalue weighted by molar-refractivity contribution is 5.93. The van der Waals surface area contributed by atoms with Crippen molar-refractivity contribution in [3.63, 3.8) is 0 Å². The number of fused-ring (bicyclic) bond motifs is 1. The van der Waals surface area contributed by atoms with E-state index in [1.807, 2.05) is 12.1 Å². The molecule has 1 amide bonds. The molecule has 0 aromatic heterocycles. The summed E-state index contributed by atoms with van der Waals surface area (Å²) in [7, 11) is 0. The molecule has 3 heteroatoms. The number of carbonyl (C=O) groups excluding carboxylic acids is 1. The van der Waals surface area contributed by atoms with E-state index in [1.165, 1.54) is 36.0 Å². The summed E-state index contributed by atoms with van der Waals surface area (Å²) in [6, 6.07) is 14.3. The van der Waals surface area contributed by atoms with Gasteiger partial charge in [-0.15, -0.1) is 0 Å². The first-order chi connectivity index (χ1) is 10.1. The predicted molar refractivity (Wildman–Crippen MR) is 85.5 cm³/mol. The van der Waals surface area contributed by atoms with Crippen LogP contribution >= 0.6 is 0 Å². The van der Waals surface area contributed by atoms with Crippen molar-refractivity contribution < 1.29 is 4.79 Å². The molecule has 21 heavy (non-hydrogen) atoms. The molecule has 1 aliphatic rings. The zero-order valence-electron chi connectivity index (χ0n) is 12.2. The van der Waals surface area contributed by atoms with Crippen molar-refractivity contribution >= 4 is 11.6 Å². The zero-order valence-corrected chi connectivity index (χ0v) is 12.2. The first kappa shape index (κ1) is 13.7. The summed E-state index contributed by atoms with van der Waals surface area (Å²) in [6.45, 7) is 2.13. The van der Waals surface area contributed by atoms with Crippen LogP contribution in [0.2, 0.25) is 0 Å². The van der Waals surface area contributed by atoms with Crippen LogP contribution in [0.4, 0.5) is 5.69 Å². The van der Waals surface area contributed by atoms with Gasteiger partial charge in [-0.3, -0.25) is 4.79 Å². The van der Waals surface area contributed by atoms with Gasteiger partial charge in [0.15, 0.2) is 0 Å². The quantitative estimate of drug-likeness (QED) is 0.901. The van der Waals surface area contributed by atoms with Crippen LogP contribution in [0.3, 0.4) is 0 Å². The summed E-state index contributed by atoms with van der Waals surface area (Å²) < 4.78 is 0. The Labute approximate surface area is 125 Å². The van der Waals surface area contributed by atoms with Crippen molar-refractivity contribution in [1.82, 2.24) is 0 Å². The second kappa shape index (κ2) is 5.60. The van der Waals surface area contributed by atoms with Crippen molar-refractivity contribution in [2.75, 3.05) is 5.32 Å². The maximum absolute atomic E-state index is 11.2. The zero-order chi connectivity index (χ0) is 14.8. The van der Waals surface area contributed by atoms with Gasteiger partial charge < -0.3 is 11.1 Å². The Bertz CT molecular complexity index is 679. The first-order valence-corrected chi connectivity index (χ1v) is 7.41. The topological polar surface area (TPSA) is 55.1 Å². The first-order valence-electron chi connectivity index (χ1n) is 7.41. The second-order valence-electron chi connectivity index (χ2n) is 5.69. The van der Waals surface area contributed by atoms with Crippen molar-refractivity contribution in [3.8, 4) is 0 Å². The van der Waals surface area contributed by atoms with Gasteiger partial charge in [0.25, 0.3) is 0 Å². The molecule has 3 N–H and O–H groups in total. The summed E-state index contributed by atoms with van der Waals surface area (Å²) in [5.41, 5.74) is 11.0. The molecule has 1 atom stereocenters. The van der Waals surface area contributed by atoms with E-state index in [2.05, 4.69) is 30.4 Å². The van der Waals surface area contributed by atoms with Crippen LogP contribution in [0.5, 0.6) is 0 Å². The van der Waals surface area contributed by atoms with Gasteiger partial charge in [-0.1, -0.05) is 24.3 Å². The van der Waals surface area contributed by atoms with Crippen molar-refractivity contribution in [2.45, 2.75) is 32.2 Å². The summed E-state index contributed by atoms with van der Waals surface area (Å²) >= 11 is 0. The lowest BCUT2D eigenvalue weighted by molar-refractivity contribution is 0.100. The normalized spacial score (nSPS) is 14.5. The molecule has 1 aliphatic carbocycles. The fraction of sp³-hybridized carbons (Fsp3) is 0.278. The highest BCUT2D eigenvalue weighted by Gasteiger charge is 2.13. The number of aryl methyl sites for hydroxylation is 2. The Morgan fingerprint density at radius 3 is 2.76 bits per heavy atom. The van der Waals surface area contributed by atoms with Crippen LogP contribution in [0.1, 0.15) is 46.4 Å². The Balaban J connectivity index is 1.78. The number of anilines is 1. The molecule has 0 saturated heterocycles. The lowest BCUT2D eigenvalue weighted by Crippen LogP contribution is -2.12. The molecular weight excluding hydrogens is 260 g/mol. The number of primary amides is 1. The second-order valence-corrected chi connectivity index (χ2v) is 5.69. The summed E-state index contributed by atoms with van der Waals surface area (Å²) in [5.74, 6) is -0.399. The Morgan fingerprint density at radius 1 is 1.14 bits per heavy atom. The summed E-state index contributed by atoms with van der Waals surface area (Å²) in [4.78, 5) is 11.2. The van der Waals surface area contributed by atoms with E-state index in [-0.39, 0.29) is 6.04 Å². The molecule has 3 nitrogen and oxygen atoms in total. The number of amides is 1. The lowest BCUT2D eigenvalue weighted by Gasteiger charge is -2.17. The molecule has 1 unspecified atom stereocenters. The molecule has 0 heterocycles. The van der Waals surface area contributed by atoms with Gasteiger partial charge in [0.2, 0.25) is 5.91 Å². The third-order valence-electron chi connectivity index (χ3n) is 4.15. The SMILES string of the molecule is CC(Nc1cccc(C(N)=O)c1)c1ccc2c(c1)CCC2. The van der Waals surface area contributed by atoms with Crippen LogP contribution < -0.4 is 11.1 Å². The number of nitrogens with one attached hydrogen (secondary N) is 1. The predicted octanol–water partition coefficient (Wildman–Crippen LogP) is 3.45. The largest absolute Gasteiger partial charge is 0.379 e. The maximum Gasteiger partial charge on any atom is 0.248 e.